The van der Waals surface area contributed by atoms with Crippen molar-refractivity contribution in [3.8, 4) is 0 Å². The lowest BCUT2D eigenvalue weighted by Gasteiger charge is -2.41. The summed E-state index contributed by atoms with van der Waals surface area (Å²) >= 11 is 0. The third kappa shape index (κ3) is 33.5. The molecule has 0 amide bonds. The Labute approximate surface area is 385 Å². The first kappa shape index (κ1) is 60.4. The van der Waals surface area contributed by atoms with E-state index in [4.69, 9.17) is 18.5 Å². The van der Waals surface area contributed by atoms with Crippen molar-refractivity contribution in [1.82, 2.24) is 0 Å². The van der Waals surface area contributed by atoms with Gasteiger partial charge in [-0.2, -0.15) is 0 Å². The summed E-state index contributed by atoms with van der Waals surface area (Å²) in [4.78, 5) is 23.2. The molecule has 0 spiro atoms. The maximum absolute atomic E-state index is 12.9. The van der Waals surface area contributed by atoms with E-state index < -0.39 is 63.1 Å². The molecule has 1 saturated carbocycles. The van der Waals surface area contributed by atoms with Gasteiger partial charge in [-0.3, -0.25) is 13.8 Å². The summed E-state index contributed by atoms with van der Waals surface area (Å²) < 4.78 is 34.3. The number of hydrogen-bond acceptors (Lipinski definition) is 11. The largest absolute Gasteiger partial charge is 0.472 e. The molecule has 12 nitrogen and oxygen atoms in total. The van der Waals surface area contributed by atoms with Crippen molar-refractivity contribution in [1.29, 1.82) is 0 Å². The lowest BCUT2D eigenvalue weighted by Crippen LogP contribution is -2.64. The summed E-state index contributed by atoms with van der Waals surface area (Å²) in [6.07, 6.45) is 33.1. The molecule has 0 radical (unpaired) electrons. The smallest absolute Gasteiger partial charge is 0.457 e. The number of esters is 1. The predicted molar refractivity (Wildman–Crippen MR) is 254 cm³/mol. The second kappa shape index (κ2) is 41.5. The summed E-state index contributed by atoms with van der Waals surface area (Å²) in [6.45, 7) is 4.32. The van der Waals surface area contributed by atoms with Gasteiger partial charge in [0.05, 0.1) is 13.2 Å². The molecule has 0 aliphatic heterocycles. The van der Waals surface area contributed by atoms with Crippen LogP contribution in [0.25, 0.3) is 0 Å². The highest BCUT2D eigenvalue weighted by Crippen LogP contribution is 2.47. The Bertz CT molecular complexity index is 1050. The van der Waals surface area contributed by atoms with Gasteiger partial charge in [-0.25, -0.2) is 4.57 Å². The van der Waals surface area contributed by atoms with Gasteiger partial charge in [0.1, 0.15) is 42.7 Å². The van der Waals surface area contributed by atoms with E-state index in [1.54, 1.807) is 0 Å². The Hall–Kier alpha value is -0.660. The highest BCUT2D eigenvalue weighted by atomic mass is 31.2. The van der Waals surface area contributed by atoms with Crippen LogP contribution in [0.15, 0.2) is 0 Å². The molecule has 0 heterocycles. The number of aliphatic hydroxyl groups is 5. The Morgan fingerprint density at radius 3 is 1.10 bits per heavy atom. The molecule has 1 aliphatic rings. The number of ether oxygens (including phenoxy) is 2. The molecule has 0 aromatic carbocycles. The Morgan fingerprint density at radius 2 is 0.746 bits per heavy atom. The molecule has 1 rings (SSSR count). The molecule has 0 bridgehead atoms. The number of carbonyl (C=O) groups excluding carboxylic acids is 1. The number of aliphatic hydroxyl groups excluding tert-OH is 5. The Morgan fingerprint density at radius 1 is 0.444 bits per heavy atom. The average molecular weight is 923 g/mol. The van der Waals surface area contributed by atoms with Gasteiger partial charge >= 0.3 is 13.8 Å². The zero-order valence-electron chi connectivity index (χ0n) is 40.4. The van der Waals surface area contributed by atoms with Crippen LogP contribution in [0.1, 0.15) is 251 Å². The molecule has 6 unspecified atom stereocenters. The zero-order valence-corrected chi connectivity index (χ0v) is 41.3. The quantitative estimate of drug-likeness (QED) is 0.0193. The number of phosphoric ester groups is 1. The number of phosphoric acid groups is 1. The van der Waals surface area contributed by atoms with Gasteiger partial charge in [0.2, 0.25) is 0 Å². The molecular formula is C50H99O12P. The maximum atomic E-state index is 12.9. The Balaban J connectivity index is 2.31. The fourth-order valence-electron chi connectivity index (χ4n) is 8.54. The van der Waals surface area contributed by atoms with Crippen molar-refractivity contribution in [3.05, 3.63) is 0 Å². The molecule has 6 N–H and O–H groups in total. The van der Waals surface area contributed by atoms with Gasteiger partial charge in [-0.05, 0) is 12.8 Å². The van der Waals surface area contributed by atoms with Gasteiger partial charge in [0, 0.05) is 13.0 Å². The number of carbonyl (C=O) groups is 1. The van der Waals surface area contributed by atoms with Gasteiger partial charge in [-0.1, -0.05) is 232 Å². The molecule has 376 valence electrons. The highest BCUT2D eigenvalue weighted by molar-refractivity contribution is 7.47. The van der Waals surface area contributed by atoms with Crippen LogP contribution in [-0.4, -0.2) is 98.9 Å². The van der Waals surface area contributed by atoms with Crippen LogP contribution in [0, 0.1) is 0 Å². The van der Waals surface area contributed by atoms with Crippen molar-refractivity contribution in [2.24, 2.45) is 0 Å². The minimum Gasteiger partial charge on any atom is -0.457 e. The van der Waals surface area contributed by atoms with Crippen LogP contribution in [-0.2, 0) is 27.9 Å². The fraction of sp³-hybridized carbons (Fsp3) is 0.980. The summed E-state index contributed by atoms with van der Waals surface area (Å²) in [6, 6.07) is 0. The molecule has 13 heteroatoms. The van der Waals surface area contributed by atoms with Crippen LogP contribution < -0.4 is 0 Å². The minimum atomic E-state index is -5.01. The summed E-state index contributed by atoms with van der Waals surface area (Å²) in [7, 11) is -5.01. The molecule has 6 atom stereocenters. The fourth-order valence-corrected chi connectivity index (χ4v) is 9.51. The van der Waals surface area contributed by atoms with E-state index in [1.807, 2.05) is 0 Å². The Kier molecular flexibility index (Phi) is 39.8. The predicted octanol–water partition coefficient (Wildman–Crippen LogP) is 11.7. The summed E-state index contributed by atoms with van der Waals surface area (Å²) in [5.41, 5.74) is 0. The van der Waals surface area contributed by atoms with Gasteiger partial charge in [0.25, 0.3) is 0 Å². The molecule has 63 heavy (non-hydrogen) atoms. The standard InChI is InChI=1S/C50H99O12P/c1-3-5-7-9-11-13-15-17-19-21-22-23-25-27-29-31-33-35-37-39-44(51)61-43(42-60-63(57,58)62-50-48(55)46(53)45(52)47(54)49(50)56)41-59-40-38-36-34-32-30-28-26-24-20-18-16-14-12-10-8-6-4-2/h43,45-50,52-56H,3-42H2,1-2H3,(H,57,58). The van der Waals surface area contributed by atoms with E-state index >= 15 is 0 Å². The van der Waals surface area contributed by atoms with Crippen LogP contribution in [0.3, 0.4) is 0 Å². The second-order valence-electron chi connectivity index (χ2n) is 18.7. The van der Waals surface area contributed by atoms with E-state index in [9.17, 15) is 39.8 Å². The zero-order chi connectivity index (χ0) is 46.2. The van der Waals surface area contributed by atoms with E-state index in [1.165, 1.54) is 186 Å². The van der Waals surface area contributed by atoms with Crippen molar-refractivity contribution >= 4 is 13.8 Å². The van der Waals surface area contributed by atoms with E-state index in [-0.39, 0.29) is 13.0 Å². The molecule has 0 aromatic rings. The maximum Gasteiger partial charge on any atom is 0.472 e. The van der Waals surface area contributed by atoms with Crippen molar-refractivity contribution in [2.75, 3.05) is 19.8 Å². The molecule has 1 aliphatic carbocycles. The average Bonchev–Trinajstić information content (AvgIpc) is 3.27. The van der Waals surface area contributed by atoms with Crippen LogP contribution in [0.5, 0.6) is 0 Å². The molecule has 1 fully saturated rings. The number of unbranched alkanes of at least 4 members (excludes halogenated alkanes) is 34. The van der Waals surface area contributed by atoms with Gasteiger partial charge in [0.15, 0.2) is 0 Å². The SMILES string of the molecule is CCCCCCCCCCCCCCCCCCCCCC(=O)OC(COCCCCCCCCCCCCCCCCCCC)COP(=O)(O)OC1C(O)C(O)C(O)C(O)C1O. The third-order valence-corrected chi connectivity index (χ3v) is 13.7. The lowest BCUT2D eigenvalue weighted by molar-refractivity contribution is -0.220. The van der Waals surface area contributed by atoms with E-state index in [0.29, 0.717) is 13.0 Å². The van der Waals surface area contributed by atoms with Crippen LogP contribution in [0.2, 0.25) is 0 Å². The molecule has 0 aromatic heterocycles. The normalized spacial score (nSPS) is 21.7. The number of hydrogen-bond donors (Lipinski definition) is 6. The topological polar surface area (TPSA) is 192 Å². The monoisotopic (exact) mass is 923 g/mol. The first-order chi connectivity index (χ1) is 30.5. The van der Waals surface area contributed by atoms with Gasteiger partial charge in [-0.15, -0.1) is 0 Å². The van der Waals surface area contributed by atoms with E-state index in [0.717, 1.165) is 38.5 Å². The lowest BCUT2D eigenvalue weighted by atomic mass is 9.85. The first-order valence-corrected chi connectivity index (χ1v) is 27.9. The van der Waals surface area contributed by atoms with Crippen molar-refractivity contribution < 1.29 is 58.3 Å². The summed E-state index contributed by atoms with van der Waals surface area (Å²) in [5.74, 6) is -0.468. The minimum absolute atomic E-state index is 0.0674. The second-order valence-corrected chi connectivity index (χ2v) is 20.2. The van der Waals surface area contributed by atoms with Crippen molar-refractivity contribution in [2.45, 2.75) is 294 Å². The summed E-state index contributed by atoms with van der Waals surface area (Å²) in [5, 5.41) is 50.3. The molecule has 0 saturated heterocycles. The highest BCUT2D eigenvalue weighted by Gasteiger charge is 2.51. The van der Waals surface area contributed by atoms with Crippen molar-refractivity contribution in [3.63, 3.8) is 0 Å². The first-order valence-electron chi connectivity index (χ1n) is 26.4. The van der Waals surface area contributed by atoms with Gasteiger partial charge < -0.3 is 39.9 Å². The van der Waals surface area contributed by atoms with Crippen LogP contribution >= 0.6 is 7.82 Å². The van der Waals surface area contributed by atoms with E-state index in [2.05, 4.69) is 13.8 Å². The third-order valence-electron chi connectivity index (χ3n) is 12.7. The number of rotatable bonds is 46. The van der Waals surface area contributed by atoms with Crippen LogP contribution in [0.4, 0.5) is 0 Å². The molecular weight excluding hydrogens is 824 g/mol.